The van der Waals surface area contributed by atoms with E-state index < -0.39 is 6.09 Å². The molecule has 0 atom stereocenters. The molecule has 0 aliphatic rings. The Kier molecular flexibility index (Phi) is 7.51. The molecular weight excluding hydrogens is 318 g/mol. The zero-order valence-corrected chi connectivity index (χ0v) is 15.1. The van der Waals surface area contributed by atoms with Crippen LogP contribution in [0.3, 0.4) is 0 Å². The lowest BCUT2D eigenvalue weighted by atomic mass is 10.1. The van der Waals surface area contributed by atoms with Crippen LogP contribution in [0.15, 0.2) is 30.5 Å². The maximum atomic E-state index is 12.4. The average Bonchev–Trinajstić information content (AvgIpc) is 3.05. The summed E-state index contributed by atoms with van der Waals surface area (Å²) in [5.74, 6) is -0.347. The van der Waals surface area contributed by atoms with Gasteiger partial charge >= 0.3 is 12.1 Å². The Morgan fingerprint density at radius 2 is 1.72 bits per heavy atom. The van der Waals surface area contributed by atoms with Crippen LogP contribution in [0.1, 0.15) is 62.7 Å². The standard InChI is InChI=1S/C20H27NO4/c1-3-5-6-7-8-9-15-25-19(22)17-11-10-12-18-16(17)13-14-21(18)20(23)24-4-2/h10-14H,3-9,15H2,1-2H3. The topological polar surface area (TPSA) is 57.5 Å². The average molecular weight is 345 g/mol. The molecule has 0 spiro atoms. The molecule has 0 aliphatic heterocycles. The van der Waals surface area contributed by atoms with Crippen molar-refractivity contribution in [2.75, 3.05) is 13.2 Å². The zero-order chi connectivity index (χ0) is 18.1. The van der Waals surface area contributed by atoms with Crippen LogP contribution >= 0.6 is 0 Å². The number of carbonyl (C=O) groups excluding carboxylic acids is 2. The lowest BCUT2D eigenvalue weighted by Crippen LogP contribution is -2.12. The predicted molar refractivity (Wildman–Crippen MR) is 98.0 cm³/mol. The third-order valence-corrected chi connectivity index (χ3v) is 4.15. The SMILES string of the molecule is CCCCCCCCOC(=O)c1cccc2c1ccn2C(=O)OCC. The summed E-state index contributed by atoms with van der Waals surface area (Å²) in [7, 11) is 0. The van der Waals surface area contributed by atoms with Crippen molar-refractivity contribution in [1.29, 1.82) is 0 Å². The third-order valence-electron chi connectivity index (χ3n) is 4.15. The number of carbonyl (C=O) groups is 2. The summed E-state index contributed by atoms with van der Waals surface area (Å²) in [6.07, 6.45) is 8.05. The molecule has 0 saturated heterocycles. The highest BCUT2D eigenvalue weighted by atomic mass is 16.5. The number of esters is 1. The molecule has 0 unspecified atom stereocenters. The predicted octanol–water partition coefficient (Wildman–Crippen LogP) is 5.16. The summed E-state index contributed by atoms with van der Waals surface area (Å²) in [6, 6.07) is 7.01. The van der Waals surface area contributed by atoms with Gasteiger partial charge in [-0.2, -0.15) is 0 Å². The first kappa shape index (κ1) is 19.0. The number of nitrogens with zero attached hydrogens (tertiary/aromatic N) is 1. The van der Waals surface area contributed by atoms with E-state index in [1.54, 1.807) is 37.4 Å². The molecule has 0 N–H and O–H groups in total. The van der Waals surface area contributed by atoms with Crippen LogP contribution in [0.5, 0.6) is 0 Å². The maximum absolute atomic E-state index is 12.4. The summed E-state index contributed by atoms with van der Waals surface area (Å²) in [6.45, 7) is 4.69. The lowest BCUT2D eigenvalue weighted by molar-refractivity contribution is 0.0500. The van der Waals surface area contributed by atoms with Crippen molar-refractivity contribution in [3.63, 3.8) is 0 Å². The molecule has 0 saturated carbocycles. The fourth-order valence-electron chi connectivity index (χ4n) is 2.82. The second-order valence-corrected chi connectivity index (χ2v) is 6.03. The fraction of sp³-hybridized carbons (Fsp3) is 0.500. The van der Waals surface area contributed by atoms with Crippen molar-refractivity contribution in [1.82, 2.24) is 4.57 Å². The van der Waals surface area contributed by atoms with Gasteiger partial charge in [-0.15, -0.1) is 0 Å². The fourth-order valence-corrected chi connectivity index (χ4v) is 2.82. The summed E-state index contributed by atoms with van der Waals surface area (Å²) in [4.78, 5) is 24.3. The summed E-state index contributed by atoms with van der Waals surface area (Å²) in [5, 5.41) is 0.698. The Bertz CT molecular complexity index is 705. The van der Waals surface area contributed by atoms with Gasteiger partial charge in [0.25, 0.3) is 0 Å². The first-order valence-corrected chi connectivity index (χ1v) is 9.13. The van der Waals surface area contributed by atoms with Crippen molar-refractivity contribution in [3.05, 3.63) is 36.0 Å². The van der Waals surface area contributed by atoms with Crippen molar-refractivity contribution in [2.45, 2.75) is 52.4 Å². The van der Waals surface area contributed by atoms with Crippen LogP contribution in [0.4, 0.5) is 4.79 Å². The molecule has 0 radical (unpaired) electrons. The van der Waals surface area contributed by atoms with E-state index in [0.29, 0.717) is 29.7 Å². The van der Waals surface area contributed by atoms with E-state index in [1.165, 1.54) is 30.3 Å². The lowest BCUT2D eigenvalue weighted by Gasteiger charge is -2.07. The van der Waals surface area contributed by atoms with Crippen LogP contribution in [-0.2, 0) is 9.47 Å². The van der Waals surface area contributed by atoms with E-state index in [1.807, 2.05) is 0 Å². The van der Waals surface area contributed by atoms with Crippen LogP contribution in [-0.4, -0.2) is 29.8 Å². The first-order chi connectivity index (χ1) is 12.2. The highest BCUT2D eigenvalue weighted by Gasteiger charge is 2.16. The number of ether oxygens (including phenoxy) is 2. The third kappa shape index (κ3) is 5.08. The number of benzene rings is 1. The van der Waals surface area contributed by atoms with Crippen LogP contribution < -0.4 is 0 Å². The second kappa shape index (κ2) is 9.87. The number of aromatic nitrogens is 1. The molecule has 5 nitrogen and oxygen atoms in total. The molecule has 2 rings (SSSR count). The molecule has 0 fully saturated rings. The van der Waals surface area contributed by atoms with Gasteiger partial charge in [-0.1, -0.05) is 45.1 Å². The molecule has 25 heavy (non-hydrogen) atoms. The van der Waals surface area contributed by atoms with E-state index in [9.17, 15) is 9.59 Å². The number of hydrogen-bond acceptors (Lipinski definition) is 4. The highest BCUT2D eigenvalue weighted by Crippen LogP contribution is 2.21. The van der Waals surface area contributed by atoms with E-state index in [4.69, 9.17) is 9.47 Å². The van der Waals surface area contributed by atoms with E-state index in [-0.39, 0.29) is 5.97 Å². The molecule has 5 heteroatoms. The number of hydrogen-bond donors (Lipinski definition) is 0. The van der Waals surface area contributed by atoms with Crippen molar-refractivity contribution in [3.8, 4) is 0 Å². The van der Waals surface area contributed by atoms with Gasteiger partial charge in [0.05, 0.1) is 24.3 Å². The molecule has 2 aromatic rings. The Hall–Kier alpha value is -2.30. The molecule has 1 heterocycles. The normalized spacial score (nSPS) is 10.8. The molecule has 136 valence electrons. The molecule has 1 aromatic carbocycles. The highest BCUT2D eigenvalue weighted by molar-refractivity contribution is 6.05. The molecule has 0 bridgehead atoms. The van der Waals surface area contributed by atoms with E-state index >= 15 is 0 Å². The molecule has 0 amide bonds. The Morgan fingerprint density at radius 1 is 0.960 bits per heavy atom. The van der Waals surface area contributed by atoms with Gasteiger partial charge < -0.3 is 9.47 Å². The van der Waals surface area contributed by atoms with Crippen molar-refractivity contribution < 1.29 is 19.1 Å². The second-order valence-electron chi connectivity index (χ2n) is 6.03. The van der Waals surface area contributed by atoms with Gasteiger partial charge in [0, 0.05) is 11.6 Å². The largest absolute Gasteiger partial charge is 0.462 e. The van der Waals surface area contributed by atoms with E-state index in [2.05, 4.69) is 6.92 Å². The molecular formula is C20H27NO4. The van der Waals surface area contributed by atoms with Gasteiger partial charge in [-0.05, 0) is 31.5 Å². The van der Waals surface area contributed by atoms with Gasteiger partial charge in [0.1, 0.15) is 0 Å². The molecule has 1 aromatic heterocycles. The minimum atomic E-state index is -0.449. The van der Waals surface area contributed by atoms with Gasteiger partial charge in [0.15, 0.2) is 0 Å². The summed E-state index contributed by atoms with van der Waals surface area (Å²) >= 11 is 0. The first-order valence-electron chi connectivity index (χ1n) is 9.13. The van der Waals surface area contributed by atoms with Crippen LogP contribution in [0.2, 0.25) is 0 Å². The zero-order valence-electron chi connectivity index (χ0n) is 15.1. The molecule has 0 aliphatic carbocycles. The minimum Gasteiger partial charge on any atom is -0.462 e. The minimum absolute atomic E-state index is 0.304. The Morgan fingerprint density at radius 3 is 2.48 bits per heavy atom. The monoisotopic (exact) mass is 345 g/mol. The maximum Gasteiger partial charge on any atom is 0.418 e. The number of unbranched alkanes of at least 4 members (excludes halogenated alkanes) is 5. The van der Waals surface area contributed by atoms with E-state index in [0.717, 1.165) is 12.8 Å². The quantitative estimate of drug-likeness (QED) is 0.465. The van der Waals surface area contributed by atoms with Crippen molar-refractivity contribution in [2.24, 2.45) is 0 Å². The van der Waals surface area contributed by atoms with Gasteiger partial charge in [-0.25, -0.2) is 9.59 Å². The number of rotatable bonds is 9. The van der Waals surface area contributed by atoms with Gasteiger partial charge in [0.2, 0.25) is 0 Å². The Labute approximate surface area is 148 Å². The summed E-state index contributed by atoms with van der Waals surface area (Å²) in [5.41, 5.74) is 1.12. The number of fused-ring (bicyclic) bond motifs is 1. The smallest absolute Gasteiger partial charge is 0.418 e. The van der Waals surface area contributed by atoms with Gasteiger partial charge in [-0.3, -0.25) is 4.57 Å². The van der Waals surface area contributed by atoms with Crippen molar-refractivity contribution >= 4 is 23.0 Å². The van der Waals surface area contributed by atoms with Crippen LogP contribution in [0, 0.1) is 0 Å². The summed E-state index contributed by atoms with van der Waals surface area (Å²) < 4.78 is 11.8. The van der Waals surface area contributed by atoms with Crippen LogP contribution in [0.25, 0.3) is 10.9 Å². The Balaban J connectivity index is 1.96.